The van der Waals surface area contributed by atoms with Crippen LogP contribution in [0.4, 0.5) is 0 Å². The third-order valence-corrected chi connectivity index (χ3v) is 5.50. The van der Waals surface area contributed by atoms with Crippen molar-refractivity contribution in [2.24, 2.45) is 0 Å². The van der Waals surface area contributed by atoms with E-state index in [1.165, 1.54) is 5.56 Å². The highest BCUT2D eigenvalue weighted by Gasteiger charge is 2.32. The maximum Gasteiger partial charge on any atom is 0.335 e. The van der Waals surface area contributed by atoms with Crippen LogP contribution < -0.4 is 5.32 Å². The zero-order valence-electron chi connectivity index (χ0n) is 15.1. The second-order valence-electron chi connectivity index (χ2n) is 7.05. The first-order chi connectivity index (χ1) is 13.3. The molecule has 0 radical (unpaired) electrons. The zero-order chi connectivity index (χ0) is 18.6. The molecule has 1 aliphatic rings. The number of rotatable bonds is 4. The van der Waals surface area contributed by atoms with Gasteiger partial charge in [-0.25, -0.2) is 4.79 Å². The van der Waals surface area contributed by atoms with Crippen molar-refractivity contribution in [2.45, 2.75) is 18.3 Å². The van der Waals surface area contributed by atoms with Gasteiger partial charge < -0.3 is 10.4 Å². The maximum atomic E-state index is 12.1. The summed E-state index contributed by atoms with van der Waals surface area (Å²) in [6.07, 6.45) is 0.997. The van der Waals surface area contributed by atoms with Gasteiger partial charge in [-0.05, 0) is 47.2 Å². The predicted molar refractivity (Wildman–Crippen MR) is 108 cm³/mol. The third kappa shape index (κ3) is 3.51. The summed E-state index contributed by atoms with van der Waals surface area (Å²) in [4.78, 5) is 12.1. The Morgan fingerprint density at radius 1 is 0.852 bits per heavy atom. The molecule has 3 aromatic rings. The summed E-state index contributed by atoms with van der Waals surface area (Å²) in [5.74, 6) is -0.445. The van der Waals surface area contributed by atoms with Gasteiger partial charge in [0.2, 0.25) is 0 Å². The Hall–Kier alpha value is -2.91. The first kappa shape index (κ1) is 17.5. The van der Waals surface area contributed by atoms with Gasteiger partial charge in [-0.15, -0.1) is 0 Å². The quantitative estimate of drug-likeness (QED) is 0.697. The molecule has 2 atom stereocenters. The lowest BCUT2D eigenvalue weighted by atomic mass is 9.74. The Labute approximate surface area is 159 Å². The molecule has 3 aromatic carbocycles. The predicted octanol–water partition coefficient (Wildman–Crippen LogP) is 4.91. The number of benzene rings is 3. The van der Waals surface area contributed by atoms with E-state index in [-0.39, 0.29) is 5.92 Å². The normalized spacial score (nSPS) is 19.6. The van der Waals surface area contributed by atoms with Crippen LogP contribution in [0.5, 0.6) is 0 Å². The molecule has 0 aromatic heterocycles. The van der Waals surface area contributed by atoms with E-state index in [0.717, 1.165) is 36.2 Å². The fourth-order valence-electron chi connectivity index (χ4n) is 4.28. The lowest BCUT2D eigenvalue weighted by Crippen LogP contribution is -2.35. The van der Waals surface area contributed by atoms with Crippen molar-refractivity contribution in [3.05, 3.63) is 95.6 Å². The third-order valence-electron chi connectivity index (χ3n) is 5.50. The van der Waals surface area contributed by atoms with Gasteiger partial charge in [0.15, 0.2) is 0 Å². The molecule has 2 N–H and O–H groups in total. The highest BCUT2D eigenvalue weighted by Crippen LogP contribution is 2.42. The fraction of sp³-hybridized carbons (Fsp3) is 0.208. The average molecular weight is 357 g/mol. The summed E-state index contributed by atoms with van der Waals surface area (Å²) in [5, 5.41) is 13.4. The smallest absolute Gasteiger partial charge is 0.335 e. The number of carbonyl (C=O) groups is 1. The molecule has 1 heterocycles. The summed E-state index contributed by atoms with van der Waals surface area (Å²) in [6, 6.07) is 26.2. The minimum absolute atomic E-state index is 0.114. The molecule has 3 heteroatoms. The van der Waals surface area contributed by atoms with E-state index in [1.54, 1.807) is 6.07 Å². The van der Waals surface area contributed by atoms with Crippen LogP contribution in [-0.4, -0.2) is 24.2 Å². The Morgan fingerprint density at radius 3 is 2.26 bits per heavy atom. The molecular weight excluding hydrogens is 334 g/mol. The first-order valence-electron chi connectivity index (χ1n) is 9.43. The Kier molecular flexibility index (Phi) is 5.03. The van der Waals surface area contributed by atoms with E-state index in [2.05, 4.69) is 41.7 Å². The van der Waals surface area contributed by atoms with Crippen LogP contribution >= 0.6 is 0 Å². The SMILES string of the molecule is O=C(O)c1cccc(-c2ccccc2)c1[C@H]1CNCC[C@@H]1c1ccccc1. The second-order valence-corrected chi connectivity index (χ2v) is 7.05. The number of nitrogens with one attached hydrogen (secondary N) is 1. The number of hydrogen-bond acceptors (Lipinski definition) is 2. The summed E-state index contributed by atoms with van der Waals surface area (Å²) in [5.41, 5.74) is 4.71. The van der Waals surface area contributed by atoms with Crippen molar-refractivity contribution in [1.82, 2.24) is 5.32 Å². The highest BCUT2D eigenvalue weighted by atomic mass is 16.4. The molecule has 0 aliphatic carbocycles. The summed E-state index contributed by atoms with van der Waals surface area (Å²) < 4.78 is 0. The summed E-state index contributed by atoms with van der Waals surface area (Å²) in [7, 11) is 0. The monoisotopic (exact) mass is 357 g/mol. The Bertz CT molecular complexity index is 922. The first-order valence-corrected chi connectivity index (χ1v) is 9.43. The number of aromatic carboxylic acids is 1. The van der Waals surface area contributed by atoms with Gasteiger partial charge in [0.05, 0.1) is 5.56 Å². The van der Waals surface area contributed by atoms with Gasteiger partial charge in [-0.2, -0.15) is 0 Å². The summed E-state index contributed by atoms with van der Waals surface area (Å²) >= 11 is 0. The number of carboxylic acids is 1. The van der Waals surface area contributed by atoms with Crippen molar-refractivity contribution in [2.75, 3.05) is 13.1 Å². The average Bonchev–Trinajstić information content (AvgIpc) is 2.74. The largest absolute Gasteiger partial charge is 0.478 e. The van der Waals surface area contributed by atoms with Crippen LogP contribution in [-0.2, 0) is 0 Å². The van der Waals surface area contributed by atoms with Gasteiger partial charge in [0, 0.05) is 12.5 Å². The van der Waals surface area contributed by atoms with Crippen molar-refractivity contribution < 1.29 is 9.90 Å². The van der Waals surface area contributed by atoms with Crippen LogP contribution in [0.3, 0.4) is 0 Å². The molecule has 0 saturated carbocycles. The van der Waals surface area contributed by atoms with Gasteiger partial charge in [-0.1, -0.05) is 72.8 Å². The van der Waals surface area contributed by atoms with Crippen LogP contribution in [0.2, 0.25) is 0 Å². The molecule has 0 bridgehead atoms. The van der Waals surface area contributed by atoms with E-state index in [9.17, 15) is 9.90 Å². The van der Waals surface area contributed by atoms with E-state index < -0.39 is 5.97 Å². The van der Waals surface area contributed by atoms with Crippen LogP contribution in [0.1, 0.15) is 39.7 Å². The minimum atomic E-state index is -0.861. The molecular formula is C24H23NO2. The molecule has 136 valence electrons. The molecule has 1 saturated heterocycles. The standard InChI is InChI=1S/C24H23NO2/c26-24(27)21-13-7-12-20(18-10-5-2-6-11-18)23(21)22-16-25-15-14-19(22)17-8-3-1-4-9-17/h1-13,19,22,25H,14-16H2,(H,26,27)/t19-,22+/m1/s1. The Balaban J connectivity index is 1.89. The number of hydrogen-bond donors (Lipinski definition) is 2. The van der Waals surface area contributed by atoms with Gasteiger partial charge in [-0.3, -0.25) is 0 Å². The van der Waals surface area contributed by atoms with Crippen molar-refractivity contribution in [3.8, 4) is 11.1 Å². The van der Waals surface area contributed by atoms with E-state index >= 15 is 0 Å². The molecule has 3 nitrogen and oxygen atoms in total. The van der Waals surface area contributed by atoms with Crippen molar-refractivity contribution in [3.63, 3.8) is 0 Å². The van der Waals surface area contributed by atoms with Crippen molar-refractivity contribution in [1.29, 1.82) is 0 Å². The van der Waals surface area contributed by atoms with Crippen LogP contribution in [0.15, 0.2) is 78.9 Å². The topological polar surface area (TPSA) is 49.3 Å². The number of piperidine rings is 1. The van der Waals surface area contributed by atoms with E-state index in [1.807, 2.05) is 36.4 Å². The van der Waals surface area contributed by atoms with Gasteiger partial charge in [0.25, 0.3) is 0 Å². The lowest BCUT2D eigenvalue weighted by molar-refractivity contribution is 0.0694. The highest BCUT2D eigenvalue weighted by molar-refractivity contribution is 5.92. The molecule has 4 rings (SSSR count). The fourth-order valence-corrected chi connectivity index (χ4v) is 4.28. The zero-order valence-corrected chi connectivity index (χ0v) is 15.1. The molecule has 0 unspecified atom stereocenters. The van der Waals surface area contributed by atoms with Crippen LogP contribution in [0.25, 0.3) is 11.1 Å². The summed E-state index contributed by atoms with van der Waals surface area (Å²) in [6.45, 7) is 1.73. The maximum absolute atomic E-state index is 12.1. The second kappa shape index (κ2) is 7.77. The Morgan fingerprint density at radius 2 is 1.56 bits per heavy atom. The molecule has 1 aliphatic heterocycles. The minimum Gasteiger partial charge on any atom is -0.478 e. The molecule has 1 fully saturated rings. The lowest BCUT2D eigenvalue weighted by Gasteiger charge is -2.35. The molecule has 0 spiro atoms. The van der Waals surface area contributed by atoms with Crippen molar-refractivity contribution >= 4 is 5.97 Å². The van der Waals surface area contributed by atoms with E-state index in [0.29, 0.717) is 11.5 Å². The van der Waals surface area contributed by atoms with Gasteiger partial charge in [0.1, 0.15) is 0 Å². The molecule has 0 amide bonds. The molecule has 27 heavy (non-hydrogen) atoms. The van der Waals surface area contributed by atoms with E-state index in [4.69, 9.17) is 0 Å². The van der Waals surface area contributed by atoms with Gasteiger partial charge >= 0.3 is 5.97 Å². The number of carboxylic acid groups (broad SMARTS) is 1. The van der Waals surface area contributed by atoms with Crippen LogP contribution in [0, 0.1) is 0 Å².